The van der Waals surface area contributed by atoms with E-state index >= 15 is 0 Å². The molecule has 0 radical (unpaired) electrons. The summed E-state index contributed by atoms with van der Waals surface area (Å²) in [7, 11) is 1.22. The first-order chi connectivity index (χ1) is 6.59. The van der Waals surface area contributed by atoms with Crippen LogP contribution in [0.2, 0.25) is 0 Å². The number of methoxy groups -OCH3 is 1. The van der Waals surface area contributed by atoms with Crippen molar-refractivity contribution in [2.45, 2.75) is 37.6 Å². The Morgan fingerprint density at radius 3 is 2.43 bits per heavy atom. The number of rotatable bonds is 2. The normalized spacial score (nSPS) is 32.9. The number of hydrogen-bond donors (Lipinski definition) is 0. The summed E-state index contributed by atoms with van der Waals surface area (Å²) in [4.78, 5) is 21.9. The van der Waals surface area contributed by atoms with Crippen LogP contribution in [0.3, 0.4) is 0 Å². The zero-order valence-corrected chi connectivity index (χ0v) is 8.12. The van der Waals surface area contributed by atoms with Gasteiger partial charge in [0.15, 0.2) is 0 Å². The molecule has 2 rings (SSSR count). The SMILES string of the molecule is COC(=O)C1([N+](=O)[O-])CC12CCCC2. The molecule has 5 nitrogen and oxygen atoms in total. The van der Waals surface area contributed by atoms with E-state index in [1.54, 1.807) is 0 Å². The summed E-state index contributed by atoms with van der Waals surface area (Å²) in [6.45, 7) is 0. The molecule has 2 aliphatic rings. The summed E-state index contributed by atoms with van der Waals surface area (Å²) < 4.78 is 4.54. The Balaban J connectivity index is 2.28. The first-order valence-corrected chi connectivity index (χ1v) is 4.82. The van der Waals surface area contributed by atoms with E-state index in [-0.39, 0.29) is 5.41 Å². The van der Waals surface area contributed by atoms with Gasteiger partial charge in [0.2, 0.25) is 0 Å². The van der Waals surface area contributed by atoms with Gasteiger partial charge < -0.3 is 4.74 Å². The van der Waals surface area contributed by atoms with Crippen LogP contribution in [0.5, 0.6) is 0 Å². The Kier molecular flexibility index (Phi) is 1.81. The Hall–Kier alpha value is -1.13. The molecule has 14 heavy (non-hydrogen) atoms. The topological polar surface area (TPSA) is 69.4 Å². The summed E-state index contributed by atoms with van der Waals surface area (Å²) in [6, 6.07) is 0. The lowest BCUT2D eigenvalue weighted by molar-refractivity contribution is -0.533. The van der Waals surface area contributed by atoms with Gasteiger partial charge >= 0.3 is 11.5 Å². The molecule has 0 aromatic carbocycles. The minimum atomic E-state index is -1.40. The van der Waals surface area contributed by atoms with Crippen molar-refractivity contribution in [1.29, 1.82) is 0 Å². The molecule has 0 aromatic heterocycles. The van der Waals surface area contributed by atoms with Crippen LogP contribution in [0.15, 0.2) is 0 Å². The van der Waals surface area contributed by atoms with Crippen LogP contribution in [-0.2, 0) is 9.53 Å². The van der Waals surface area contributed by atoms with Gasteiger partial charge in [-0.2, -0.15) is 0 Å². The van der Waals surface area contributed by atoms with Crippen LogP contribution in [0, 0.1) is 15.5 Å². The van der Waals surface area contributed by atoms with Gasteiger partial charge in [-0.3, -0.25) is 10.1 Å². The maximum Gasteiger partial charge on any atom is 0.385 e. The molecule has 1 atom stereocenters. The molecule has 0 amide bonds. The number of nitrogens with zero attached hydrogens (tertiary/aromatic N) is 1. The van der Waals surface area contributed by atoms with Crippen LogP contribution in [0.1, 0.15) is 32.1 Å². The lowest BCUT2D eigenvalue weighted by Gasteiger charge is -2.11. The fourth-order valence-electron chi connectivity index (χ4n) is 2.88. The van der Waals surface area contributed by atoms with Crippen molar-refractivity contribution in [2.75, 3.05) is 7.11 Å². The fourth-order valence-corrected chi connectivity index (χ4v) is 2.88. The first-order valence-electron chi connectivity index (χ1n) is 4.82. The average molecular weight is 199 g/mol. The molecular formula is C9H13NO4. The second-order valence-corrected chi connectivity index (χ2v) is 4.27. The number of hydrogen-bond acceptors (Lipinski definition) is 4. The number of nitro groups is 1. The maximum absolute atomic E-state index is 11.4. The van der Waals surface area contributed by atoms with Gasteiger partial charge in [0, 0.05) is 11.3 Å². The van der Waals surface area contributed by atoms with Gasteiger partial charge in [0.05, 0.1) is 12.5 Å². The summed E-state index contributed by atoms with van der Waals surface area (Å²) in [6.07, 6.45) is 3.95. The van der Waals surface area contributed by atoms with Gasteiger partial charge in [-0.1, -0.05) is 12.8 Å². The van der Waals surface area contributed by atoms with E-state index in [1.165, 1.54) is 7.11 Å². The van der Waals surface area contributed by atoms with E-state index in [0.29, 0.717) is 6.42 Å². The Morgan fingerprint density at radius 1 is 1.43 bits per heavy atom. The predicted octanol–water partition coefficient (Wildman–Crippen LogP) is 1.14. The van der Waals surface area contributed by atoms with Crippen molar-refractivity contribution >= 4 is 5.97 Å². The van der Waals surface area contributed by atoms with Crippen LogP contribution < -0.4 is 0 Å². The third-order valence-corrected chi connectivity index (χ3v) is 3.74. The van der Waals surface area contributed by atoms with Gasteiger partial charge in [-0.25, -0.2) is 4.79 Å². The monoisotopic (exact) mass is 199 g/mol. The van der Waals surface area contributed by atoms with Crippen molar-refractivity contribution in [3.63, 3.8) is 0 Å². The molecule has 5 heteroatoms. The largest absolute Gasteiger partial charge is 0.464 e. The van der Waals surface area contributed by atoms with Crippen molar-refractivity contribution in [3.05, 3.63) is 10.1 Å². The molecule has 78 valence electrons. The Bertz CT molecular complexity index is 295. The van der Waals surface area contributed by atoms with E-state index in [2.05, 4.69) is 4.74 Å². The Morgan fingerprint density at radius 2 is 2.00 bits per heavy atom. The molecule has 2 saturated carbocycles. The predicted molar refractivity (Wildman–Crippen MR) is 47.3 cm³/mol. The first kappa shape index (κ1) is 9.43. The molecule has 0 bridgehead atoms. The summed E-state index contributed by atoms with van der Waals surface area (Å²) in [5.41, 5.74) is -1.78. The summed E-state index contributed by atoms with van der Waals surface area (Å²) in [5, 5.41) is 10.9. The lowest BCUT2D eigenvalue weighted by atomic mass is 9.98. The molecule has 1 unspecified atom stereocenters. The number of ether oxygens (including phenoxy) is 1. The average Bonchev–Trinajstić information content (AvgIpc) is 2.55. The van der Waals surface area contributed by atoms with E-state index in [0.717, 1.165) is 25.7 Å². The number of esters is 1. The fraction of sp³-hybridized carbons (Fsp3) is 0.889. The molecule has 0 N–H and O–H groups in total. The van der Waals surface area contributed by atoms with Gasteiger partial charge in [0.25, 0.3) is 0 Å². The number of carbonyl (C=O) groups excluding carboxylic acids is 1. The second-order valence-electron chi connectivity index (χ2n) is 4.27. The van der Waals surface area contributed by atoms with E-state index in [4.69, 9.17) is 0 Å². The van der Waals surface area contributed by atoms with Gasteiger partial charge in [-0.05, 0) is 12.8 Å². The van der Waals surface area contributed by atoms with Crippen LogP contribution >= 0.6 is 0 Å². The van der Waals surface area contributed by atoms with Gasteiger partial charge in [-0.15, -0.1) is 0 Å². The Labute approximate surface area is 81.6 Å². The highest BCUT2D eigenvalue weighted by Gasteiger charge is 2.83. The third kappa shape index (κ3) is 0.871. The highest BCUT2D eigenvalue weighted by molar-refractivity contribution is 5.84. The number of carbonyl (C=O) groups is 1. The quantitative estimate of drug-likeness (QED) is 0.380. The van der Waals surface area contributed by atoms with E-state index in [1.807, 2.05) is 0 Å². The highest BCUT2D eigenvalue weighted by Crippen LogP contribution is 2.67. The molecular weight excluding hydrogens is 186 g/mol. The van der Waals surface area contributed by atoms with Crippen molar-refractivity contribution in [3.8, 4) is 0 Å². The minimum absolute atomic E-state index is 0.371. The van der Waals surface area contributed by atoms with Crippen LogP contribution in [-0.4, -0.2) is 23.5 Å². The van der Waals surface area contributed by atoms with Crippen molar-refractivity contribution in [2.24, 2.45) is 5.41 Å². The molecule has 0 saturated heterocycles. The lowest BCUT2D eigenvalue weighted by Crippen LogP contribution is -2.38. The zero-order valence-electron chi connectivity index (χ0n) is 8.12. The highest BCUT2D eigenvalue weighted by atomic mass is 16.6. The van der Waals surface area contributed by atoms with Gasteiger partial charge in [0.1, 0.15) is 0 Å². The van der Waals surface area contributed by atoms with Crippen LogP contribution in [0.25, 0.3) is 0 Å². The molecule has 2 aliphatic carbocycles. The smallest absolute Gasteiger partial charge is 0.385 e. The summed E-state index contributed by atoms with van der Waals surface area (Å²) in [5.74, 6) is -0.663. The third-order valence-electron chi connectivity index (χ3n) is 3.74. The van der Waals surface area contributed by atoms with Crippen molar-refractivity contribution < 1.29 is 14.5 Å². The zero-order chi connectivity index (χ0) is 10.4. The maximum atomic E-state index is 11.4. The molecule has 0 heterocycles. The van der Waals surface area contributed by atoms with Crippen LogP contribution in [0.4, 0.5) is 0 Å². The molecule has 2 fully saturated rings. The van der Waals surface area contributed by atoms with E-state index < -0.39 is 16.4 Å². The molecule has 0 aromatic rings. The molecule has 0 aliphatic heterocycles. The summed E-state index contributed by atoms with van der Waals surface area (Å²) >= 11 is 0. The standard InChI is InChI=1S/C9H13NO4/c1-14-7(11)9(10(12)13)6-8(9)4-2-3-5-8/h2-6H2,1H3. The second kappa shape index (κ2) is 2.68. The molecule has 1 spiro atoms. The van der Waals surface area contributed by atoms with E-state index in [9.17, 15) is 14.9 Å². The minimum Gasteiger partial charge on any atom is -0.464 e. The van der Waals surface area contributed by atoms with Crippen molar-refractivity contribution in [1.82, 2.24) is 0 Å².